The molecule has 1 aromatic carbocycles. The Hall–Kier alpha value is -4.12. The third-order valence-electron chi connectivity index (χ3n) is 4.96. The van der Waals surface area contributed by atoms with Crippen LogP contribution in [-0.4, -0.2) is 0 Å². The summed E-state index contributed by atoms with van der Waals surface area (Å²) in [5, 5.41) is 37.1. The largest absolute Gasteiger partial charge is 0.192 e. The molecule has 0 aliphatic heterocycles. The molecule has 142 valence electrons. The van der Waals surface area contributed by atoms with Crippen LogP contribution in [0.5, 0.6) is 0 Å². The van der Waals surface area contributed by atoms with E-state index in [1.54, 1.807) is 23.5 Å². The van der Waals surface area contributed by atoms with Crippen molar-refractivity contribution in [2.45, 2.75) is 25.7 Å². The van der Waals surface area contributed by atoms with Crippen molar-refractivity contribution in [2.24, 2.45) is 0 Å². The van der Waals surface area contributed by atoms with Gasteiger partial charge >= 0.3 is 0 Å². The number of hydrogen-bond acceptors (Lipinski definition) is 5. The summed E-state index contributed by atoms with van der Waals surface area (Å²) in [6.07, 6.45) is 5.17. The molecule has 30 heavy (non-hydrogen) atoms. The molecule has 5 heteroatoms. The normalized spacial score (nSPS) is 16.0. The molecule has 1 heterocycles. The molecular formula is C25H16N4S. The van der Waals surface area contributed by atoms with E-state index in [-0.39, 0.29) is 23.0 Å². The van der Waals surface area contributed by atoms with E-state index in [9.17, 15) is 21.0 Å². The predicted octanol–water partition coefficient (Wildman–Crippen LogP) is 5.73. The van der Waals surface area contributed by atoms with Crippen molar-refractivity contribution in [3.8, 4) is 24.3 Å². The van der Waals surface area contributed by atoms with Gasteiger partial charge in [0.15, 0.2) is 0 Å². The summed E-state index contributed by atoms with van der Waals surface area (Å²) in [6.45, 7) is 4.09. The Bertz CT molecular complexity index is 1200. The third-order valence-corrected chi connectivity index (χ3v) is 5.94. The second-order valence-corrected chi connectivity index (χ2v) is 8.27. The second kappa shape index (κ2) is 8.92. The van der Waals surface area contributed by atoms with Crippen molar-refractivity contribution in [3.63, 3.8) is 0 Å². The fraction of sp³-hybridized carbons (Fsp3) is 0.160. The van der Waals surface area contributed by atoms with Crippen molar-refractivity contribution in [1.29, 1.82) is 21.0 Å². The first kappa shape index (κ1) is 20.6. The molecule has 0 spiro atoms. The van der Waals surface area contributed by atoms with Crippen LogP contribution in [0.15, 0.2) is 64.9 Å². The number of aryl methyl sites for hydroxylation is 2. The highest BCUT2D eigenvalue weighted by Crippen LogP contribution is 2.48. The van der Waals surface area contributed by atoms with Gasteiger partial charge in [-0.1, -0.05) is 24.3 Å². The van der Waals surface area contributed by atoms with E-state index in [1.807, 2.05) is 68.5 Å². The van der Waals surface area contributed by atoms with Gasteiger partial charge in [-0.3, -0.25) is 0 Å². The number of hydrogen-bond donors (Lipinski definition) is 0. The molecule has 0 radical (unpaired) electrons. The van der Waals surface area contributed by atoms with Gasteiger partial charge in [-0.2, -0.15) is 21.0 Å². The summed E-state index contributed by atoms with van der Waals surface area (Å²) in [4.78, 5) is 2.36. The minimum atomic E-state index is -0.341. The molecule has 0 saturated heterocycles. The Morgan fingerprint density at radius 1 is 0.867 bits per heavy atom. The highest BCUT2D eigenvalue weighted by Gasteiger charge is 2.34. The van der Waals surface area contributed by atoms with Gasteiger partial charge in [-0.25, -0.2) is 0 Å². The minimum absolute atomic E-state index is 0.0158. The van der Waals surface area contributed by atoms with Crippen molar-refractivity contribution in [2.75, 3.05) is 0 Å². The van der Waals surface area contributed by atoms with E-state index in [2.05, 4.69) is 11.8 Å². The average Bonchev–Trinajstić information content (AvgIpc) is 3.23. The van der Waals surface area contributed by atoms with Gasteiger partial charge in [0.25, 0.3) is 0 Å². The molecule has 0 fully saturated rings. The zero-order valence-electron chi connectivity index (χ0n) is 16.5. The molecule has 4 nitrogen and oxygen atoms in total. The monoisotopic (exact) mass is 404 g/mol. The lowest BCUT2D eigenvalue weighted by atomic mass is 9.91. The second-order valence-electron chi connectivity index (χ2n) is 6.80. The Morgan fingerprint density at radius 3 is 1.77 bits per heavy atom. The molecule has 1 aromatic heterocycles. The first-order chi connectivity index (χ1) is 14.5. The molecule has 2 unspecified atom stereocenters. The molecule has 1 aliphatic carbocycles. The van der Waals surface area contributed by atoms with Crippen molar-refractivity contribution in [3.05, 3.63) is 91.4 Å². The van der Waals surface area contributed by atoms with Gasteiger partial charge in [0.2, 0.25) is 0 Å². The van der Waals surface area contributed by atoms with Crippen LogP contribution in [0, 0.1) is 59.2 Å². The lowest BCUT2D eigenvalue weighted by Gasteiger charge is -2.10. The van der Waals surface area contributed by atoms with Gasteiger partial charge in [0.05, 0.1) is 0 Å². The van der Waals surface area contributed by atoms with Crippen molar-refractivity contribution in [1.82, 2.24) is 0 Å². The number of nitriles is 4. The first-order valence-corrected chi connectivity index (χ1v) is 10.00. The lowest BCUT2D eigenvalue weighted by molar-refractivity contribution is 0.961. The van der Waals surface area contributed by atoms with Crippen LogP contribution in [0.1, 0.15) is 38.3 Å². The zero-order chi connectivity index (χ0) is 21.7. The molecule has 1 aliphatic rings. The van der Waals surface area contributed by atoms with Crippen LogP contribution in [-0.2, 0) is 0 Å². The summed E-state index contributed by atoms with van der Waals surface area (Å²) in [5.41, 5.74) is 7.13. The highest BCUT2D eigenvalue weighted by molar-refractivity contribution is 7.12. The van der Waals surface area contributed by atoms with E-state index < -0.39 is 0 Å². The summed E-state index contributed by atoms with van der Waals surface area (Å²) >= 11 is 1.70. The Balaban J connectivity index is 2.30. The van der Waals surface area contributed by atoms with Crippen LogP contribution in [0.4, 0.5) is 0 Å². The Labute approximate surface area is 179 Å². The van der Waals surface area contributed by atoms with Gasteiger partial charge in [0.1, 0.15) is 35.4 Å². The van der Waals surface area contributed by atoms with Gasteiger partial charge in [-0.05, 0) is 60.4 Å². The Kier molecular flexibility index (Phi) is 6.13. The molecule has 0 N–H and O–H groups in total. The minimum Gasteiger partial charge on any atom is -0.192 e. The molecule has 2 atom stereocenters. The maximum Gasteiger partial charge on any atom is 0.126 e. The fourth-order valence-corrected chi connectivity index (χ4v) is 4.54. The quantitative estimate of drug-likeness (QED) is 0.482. The predicted molar refractivity (Wildman–Crippen MR) is 116 cm³/mol. The van der Waals surface area contributed by atoms with Crippen LogP contribution in [0.2, 0.25) is 0 Å². The van der Waals surface area contributed by atoms with Crippen LogP contribution < -0.4 is 0 Å². The van der Waals surface area contributed by atoms with Crippen LogP contribution >= 0.6 is 11.3 Å². The number of thiophene rings is 1. The molecule has 0 bridgehead atoms. The topological polar surface area (TPSA) is 95.2 Å². The third kappa shape index (κ3) is 4.00. The molecule has 0 amide bonds. The summed E-state index contributed by atoms with van der Waals surface area (Å²) in [7, 11) is 0. The first-order valence-electron chi connectivity index (χ1n) is 9.18. The maximum atomic E-state index is 9.28. The van der Waals surface area contributed by atoms with Gasteiger partial charge in [-0.15, -0.1) is 17.1 Å². The fourth-order valence-electron chi connectivity index (χ4n) is 3.63. The number of allylic oxidation sites excluding steroid dienone is 5. The average molecular weight is 404 g/mol. The van der Waals surface area contributed by atoms with E-state index in [0.717, 1.165) is 22.3 Å². The van der Waals surface area contributed by atoms with Crippen LogP contribution in [0.3, 0.4) is 0 Å². The van der Waals surface area contributed by atoms with Crippen molar-refractivity contribution >= 4 is 17.4 Å². The summed E-state index contributed by atoms with van der Waals surface area (Å²) < 4.78 is 0. The lowest BCUT2D eigenvalue weighted by Crippen LogP contribution is -1.97. The van der Waals surface area contributed by atoms with E-state index in [1.165, 1.54) is 9.75 Å². The smallest absolute Gasteiger partial charge is 0.126 e. The molecule has 2 aromatic rings. The van der Waals surface area contributed by atoms with E-state index in [4.69, 9.17) is 0 Å². The van der Waals surface area contributed by atoms with E-state index in [0.29, 0.717) is 0 Å². The van der Waals surface area contributed by atoms with E-state index >= 15 is 0 Å². The summed E-state index contributed by atoms with van der Waals surface area (Å²) in [6, 6.07) is 17.5. The molecule has 3 rings (SSSR count). The summed E-state index contributed by atoms with van der Waals surface area (Å²) in [5.74, 6) is -0.682. The number of rotatable bonds is 3. The highest BCUT2D eigenvalue weighted by atomic mass is 32.1. The maximum absolute atomic E-state index is 9.28. The van der Waals surface area contributed by atoms with Gasteiger partial charge < -0.3 is 0 Å². The van der Waals surface area contributed by atoms with Crippen LogP contribution in [0.25, 0.3) is 6.08 Å². The molecular weight excluding hydrogens is 388 g/mol. The number of fused-ring (bicyclic) bond motifs is 1. The SMILES string of the molecule is Cc1cc(C=C=C2C(C=C(C#N)C#N)c3ccccc3C2C=C(C#N)C#N)c(C)s1. The number of benzene rings is 1. The van der Waals surface area contributed by atoms with Gasteiger partial charge in [0, 0.05) is 21.6 Å². The Morgan fingerprint density at radius 2 is 1.37 bits per heavy atom. The number of nitrogens with zero attached hydrogens (tertiary/aromatic N) is 4. The molecule has 0 saturated carbocycles. The standard InChI is InChI=1S/C25H16N4S/c1-16-9-20(17(2)30-16)7-8-23-24(10-18(12-26)13-27)21-5-3-4-6-22(21)25(23)11-19(14-28)15-29/h3-7,9-11,24-25H,1-2H3. The zero-order valence-corrected chi connectivity index (χ0v) is 17.3. The van der Waals surface area contributed by atoms with Crippen molar-refractivity contribution < 1.29 is 0 Å².